The van der Waals surface area contributed by atoms with Crippen LogP contribution in [-0.4, -0.2) is 31.4 Å². The highest BCUT2D eigenvalue weighted by Gasteiger charge is 2.16. The number of carbonyl (C=O) groups is 1. The predicted octanol–water partition coefficient (Wildman–Crippen LogP) is 2.09. The molecule has 19 heavy (non-hydrogen) atoms. The van der Waals surface area contributed by atoms with E-state index in [1.165, 1.54) is 0 Å². The highest BCUT2D eigenvalue weighted by atomic mass is 35.5. The van der Waals surface area contributed by atoms with Gasteiger partial charge in [-0.1, -0.05) is 11.6 Å². The van der Waals surface area contributed by atoms with Crippen LogP contribution in [0.3, 0.4) is 0 Å². The van der Waals surface area contributed by atoms with Crippen molar-refractivity contribution in [1.82, 2.24) is 5.32 Å². The van der Waals surface area contributed by atoms with E-state index in [0.717, 1.165) is 12.0 Å². The molecule has 0 saturated carbocycles. The van der Waals surface area contributed by atoms with E-state index in [-0.39, 0.29) is 12.3 Å². The van der Waals surface area contributed by atoms with Crippen LogP contribution in [0.2, 0.25) is 5.02 Å². The first-order valence-electron chi connectivity index (χ1n) is 6.16. The molecule has 1 aromatic rings. The molecular weight excluding hydrogens is 286 g/mol. The van der Waals surface area contributed by atoms with Crippen LogP contribution in [-0.2, 0) is 11.2 Å². The first-order valence-corrected chi connectivity index (χ1v) is 7.17. The van der Waals surface area contributed by atoms with Crippen molar-refractivity contribution >= 4 is 30.1 Å². The fourth-order valence-electron chi connectivity index (χ4n) is 1.83. The second-order valence-electron chi connectivity index (χ2n) is 4.21. The smallest absolute Gasteiger partial charge is 0.224 e. The highest BCUT2D eigenvalue weighted by molar-refractivity contribution is 7.80. The summed E-state index contributed by atoms with van der Waals surface area (Å²) in [6.07, 6.45) is 1.09. The number of hydrogen-bond donors (Lipinski definition) is 2. The summed E-state index contributed by atoms with van der Waals surface area (Å²) in [5.74, 6) is 1.74. The van der Waals surface area contributed by atoms with Gasteiger partial charge in [0, 0.05) is 18.7 Å². The quantitative estimate of drug-likeness (QED) is 0.837. The number of benzene rings is 1. The Morgan fingerprint density at radius 3 is 2.95 bits per heavy atom. The van der Waals surface area contributed by atoms with Crippen molar-refractivity contribution in [3.63, 3.8) is 0 Å². The first-order chi connectivity index (χ1) is 9.20. The number of nitrogens with one attached hydrogen (secondary N) is 1. The van der Waals surface area contributed by atoms with E-state index in [1.54, 1.807) is 6.07 Å². The summed E-state index contributed by atoms with van der Waals surface area (Å²) in [4.78, 5) is 11.7. The second kappa shape index (κ2) is 6.91. The van der Waals surface area contributed by atoms with Crippen LogP contribution in [0.5, 0.6) is 11.5 Å². The number of halogens is 1. The SMILES string of the molecule is O=C(Cc1cc(Cl)c2c(c1)OCCCO2)NCCS. The third kappa shape index (κ3) is 3.94. The zero-order chi connectivity index (χ0) is 13.7. The zero-order valence-electron chi connectivity index (χ0n) is 10.4. The Labute approximate surface area is 122 Å². The largest absolute Gasteiger partial charge is 0.489 e. The fraction of sp³-hybridized carbons (Fsp3) is 0.462. The van der Waals surface area contributed by atoms with Gasteiger partial charge in [-0.25, -0.2) is 0 Å². The summed E-state index contributed by atoms with van der Waals surface area (Å²) >= 11 is 10.2. The lowest BCUT2D eigenvalue weighted by atomic mass is 10.1. The molecular formula is C13H16ClNO3S. The summed E-state index contributed by atoms with van der Waals surface area (Å²) in [5, 5.41) is 3.24. The van der Waals surface area contributed by atoms with Gasteiger partial charge in [0.1, 0.15) is 0 Å². The molecule has 0 aromatic heterocycles. The maximum Gasteiger partial charge on any atom is 0.224 e. The molecule has 0 atom stereocenters. The number of rotatable bonds is 4. The maximum absolute atomic E-state index is 11.7. The Hall–Kier alpha value is -1.07. The summed E-state index contributed by atoms with van der Waals surface area (Å²) in [7, 11) is 0. The minimum Gasteiger partial charge on any atom is -0.489 e. The van der Waals surface area contributed by atoms with Gasteiger partial charge in [-0.05, 0) is 17.7 Å². The molecule has 0 fully saturated rings. The molecule has 4 nitrogen and oxygen atoms in total. The molecule has 1 aliphatic rings. The molecule has 0 radical (unpaired) electrons. The normalized spacial score (nSPS) is 13.8. The average molecular weight is 302 g/mol. The lowest BCUT2D eigenvalue weighted by Crippen LogP contribution is -2.26. The number of hydrogen-bond acceptors (Lipinski definition) is 4. The minimum absolute atomic E-state index is 0.0559. The van der Waals surface area contributed by atoms with E-state index >= 15 is 0 Å². The Morgan fingerprint density at radius 1 is 1.37 bits per heavy atom. The Morgan fingerprint density at radius 2 is 2.16 bits per heavy atom. The van der Waals surface area contributed by atoms with Crippen LogP contribution in [0.4, 0.5) is 0 Å². The lowest BCUT2D eigenvalue weighted by Gasteiger charge is -2.11. The molecule has 2 rings (SSSR count). The van der Waals surface area contributed by atoms with E-state index in [4.69, 9.17) is 21.1 Å². The molecule has 1 amide bonds. The highest BCUT2D eigenvalue weighted by Crippen LogP contribution is 2.38. The first kappa shape index (κ1) is 14.3. The van der Waals surface area contributed by atoms with Crippen molar-refractivity contribution in [2.45, 2.75) is 12.8 Å². The van der Waals surface area contributed by atoms with E-state index in [1.807, 2.05) is 6.07 Å². The third-order valence-electron chi connectivity index (χ3n) is 2.66. The van der Waals surface area contributed by atoms with Crippen LogP contribution >= 0.6 is 24.2 Å². The lowest BCUT2D eigenvalue weighted by molar-refractivity contribution is -0.120. The van der Waals surface area contributed by atoms with Gasteiger partial charge in [0.2, 0.25) is 5.91 Å². The number of thiol groups is 1. The molecule has 0 bridgehead atoms. The van der Waals surface area contributed by atoms with Gasteiger partial charge in [0.15, 0.2) is 11.5 Å². The Bertz CT molecular complexity index is 467. The van der Waals surface area contributed by atoms with E-state index < -0.39 is 0 Å². The van der Waals surface area contributed by atoms with E-state index in [9.17, 15) is 4.79 Å². The van der Waals surface area contributed by atoms with Crippen LogP contribution in [0.25, 0.3) is 0 Å². The monoisotopic (exact) mass is 301 g/mol. The van der Waals surface area contributed by atoms with Crippen LogP contribution in [0.1, 0.15) is 12.0 Å². The fourth-order valence-corrected chi connectivity index (χ4v) is 2.23. The van der Waals surface area contributed by atoms with Gasteiger partial charge in [0.25, 0.3) is 0 Å². The molecule has 1 aromatic carbocycles. The van der Waals surface area contributed by atoms with E-state index in [2.05, 4.69) is 17.9 Å². The number of carbonyl (C=O) groups excluding carboxylic acids is 1. The second-order valence-corrected chi connectivity index (χ2v) is 5.06. The van der Waals surface area contributed by atoms with Crippen molar-refractivity contribution in [2.24, 2.45) is 0 Å². The van der Waals surface area contributed by atoms with E-state index in [0.29, 0.717) is 42.0 Å². The third-order valence-corrected chi connectivity index (χ3v) is 3.16. The van der Waals surface area contributed by atoms with Crippen molar-refractivity contribution in [3.8, 4) is 11.5 Å². The van der Waals surface area contributed by atoms with Gasteiger partial charge >= 0.3 is 0 Å². The van der Waals surface area contributed by atoms with Crippen molar-refractivity contribution in [1.29, 1.82) is 0 Å². The average Bonchev–Trinajstić information content (AvgIpc) is 2.62. The molecule has 6 heteroatoms. The summed E-state index contributed by atoms with van der Waals surface area (Å²) < 4.78 is 11.1. The summed E-state index contributed by atoms with van der Waals surface area (Å²) in [6.45, 7) is 1.74. The molecule has 104 valence electrons. The molecule has 0 unspecified atom stereocenters. The Kier molecular flexibility index (Phi) is 5.22. The predicted molar refractivity (Wildman–Crippen MR) is 77.6 cm³/mol. The van der Waals surface area contributed by atoms with Gasteiger partial charge in [0.05, 0.1) is 24.7 Å². The van der Waals surface area contributed by atoms with Crippen LogP contribution < -0.4 is 14.8 Å². The zero-order valence-corrected chi connectivity index (χ0v) is 12.1. The van der Waals surface area contributed by atoms with Gasteiger partial charge < -0.3 is 14.8 Å². The van der Waals surface area contributed by atoms with Crippen molar-refractivity contribution < 1.29 is 14.3 Å². The summed E-state index contributed by atoms with van der Waals surface area (Å²) in [6, 6.07) is 3.56. The molecule has 1 N–H and O–H groups in total. The van der Waals surface area contributed by atoms with Crippen LogP contribution in [0, 0.1) is 0 Å². The van der Waals surface area contributed by atoms with Gasteiger partial charge in [-0.3, -0.25) is 4.79 Å². The molecule has 0 aliphatic carbocycles. The molecule has 0 spiro atoms. The molecule has 0 saturated heterocycles. The van der Waals surface area contributed by atoms with Gasteiger partial charge in [-0.2, -0.15) is 12.6 Å². The topological polar surface area (TPSA) is 47.6 Å². The Balaban J connectivity index is 2.12. The summed E-state index contributed by atoms with van der Waals surface area (Å²) in [5.41, 5.74) is 0.811. The number of fused-ring (bicyclic) bond motifs is 1. The number of amides is 1. The van der Waals surface area contributed by atoms with Crippen LogP contribution in [0.15, 0.2) is 12.1 Å². The molecule has 1 heterocycles. The number of ether oxygens (including phenoxy) is 2. The van der Waals surface area contributed by atoms with Crippen molar-refractivity contribution in [2.75, 3.05) is 25.5 Å². The van der Waals surface area contributed by atoms with Gasteiger partial charge in [-0.15, -0.1) is 0 Å². The molecule has 1 aliphatic heterocycles. The van der Waals surface area contributed by atoms with Crippen molar-refractivity contribution in [3.05, 3.63) is 22.7 Å². The standard InChI is InChI=1S/C13H16ClNO3S/c14-10-6-9(8-12(16)15-2-5-19)7-11-13(10)18-4-1-3-17-11/h6-7,19H,1-5,8H2,(H,15,16). The minimum atomic E-state index is -0.0559. The maximum atomic E-state index is 11.7.